The van der Waals surface area contributed by atoms with Crippen LogP contribution in [0.15, 0.2) is 60.7 Å². The number of hydrogen-bond donors (Lipinski definition) is 4. The maximum absolute atomic E-state index is 12.3. The second-order valence-corrected chi connectivity index (χ2v) is 6.02. The minimum absolute atomic E-state index is 0.123. The molecule has 3 atom stereocenters. The van der Waals surface area contributed by atoms with E-state index in [1.807, 2.05) is 0 Å². The number of hydrogen-bond acceptors (Lipinski definition) is 6. The molecular formula is C20H22N2O6. The van der Waals surface area contributed by atoms with Crippen LogP contribution in [-0.2, 0) is 25.5 Å². The Morgan fingerprint density at radius 2 is 1.43 bits per heavy atom. The summed E-state index contributed by atoms with van der Waals surface area (Å²) in [4.78, 5) is 36.2. The number of aliphatic hydroxyl groups is 2. The Bertz CT molecular complexity index is 797. The number of ether oxygens (including phenoxy) is 1. The number of carbonyl (C=O) groups excluding carboxylic acids is 3. The molecule has 2 amide bonds. The largest absolute Gasteiger partial charge is 0.467 e. The molecule has 0 unspecified atom stereocenters. The standard InChI is InChI=1S/C20H22N2O6/c1-28-20(27)15(12-13-8-4-2-5-9-13)22-19(26)17(24)16(23)18(25)21-14-10-6-3-7-11-14/h2-11,15-17,23-24H,12H2,1H3,(H,21,25)(H,22,26)/t15-,16+,17+/m0/s1. The van der Waals surface area contributed by atoms with Gasteiger partial charge in [0.05, 0.1) is 7.11 Å². The molecule has 0 fully saturated rings. The van der Waals surface area contributed by atoms with Crippen molar-refractivity contribution in [3.05, 3.63) is 66.2 Å². The van der Waals surface area contributed by atoms with E-state index in [2.05, 4.69) is 15.4 Å². The zero-order valence-corrected chi connectivity index (χ0v) is 15.2. The fraction of sp³-hybridized carbons (Fsp3) is 0.250. The molecule has 0 aliphatic rings. The summed E-state index contributed by atoms with van der Waals surface area (Å²) in [5.41, 5.74) is 1.16. The molecule has 0 spiro atoms. The zero-order chi connectivity index (χ0) is 20.5. The molecule has 0 saturated carbocycles. The van der Waals surface area contributed by atoms with Crippen molar-refractivity contribution in [3.8, 4) is 0 Å². The van der Waals surface area contributed by atoms with Gasteiger partial charge in [0, 0.05) is 12.1 Å². The molecule has 8 nitrogen and oxygen atoms in total. The molecule has 0 aliphatic heterocycles. The van der Waals surface area contributed by atoms with E-state index in [9.17, 15) is 24.6 Å². The number of amides is 2. The van der Waals surface area contributed by atoms with Gasteiger partial charge in [-0.3, -0.25) is 9.59 Å². The van der Waals surface area contributed by atoms with Crippen LogP contribution in [0.4, 0.5) is 5.69 Å². The summed E-state index contributed by atoms with van der Waals surface area (Å²) in [6.45, 7) is 0. The van der Waals surface area contributed by atoms with Crippen molar-refractivity contribution >= 4 is 23.5 Å². The van der Waals surface area contributed by atoms with E-state index in [0.717, 1.165) is 5.56 Å². The Morgan fingerprint density at radius 1 is 0.893 bits per heavy atom. The fourth-order valence-electron chi connectivity index (χ4n) is 2.47. The maximum Gasteiger partial charge on any atom is 0.328 e. The van der Waals surface area contributed by atoms with Crippen molar-refractivity contribution in [3.63, 3.8) is 0 Å². The highest BCUT2D eigenvalue weighted by Crippen LogP contribution is 2.08. The van der Waals surface area contributed by atoms with Crippen LogP contribution < -0.4 is 10.6 Å². The van der Waals surface area contributed by atoms with Gasteiger partial charge in [0.2, 0.25) is 0 Å². The van der Waals surface area contributed by atoms with Gasteiger partial charge in [-0.2, -0.15) is 0 Å². The van der Waals surface area contributed by atoms with Gasteiger partial charge in [0.25, 0.3) is 11.8 Å². The lowest BCUT2D eigenvalue weighted by Gasteiger charge is -2.21. The Kier molecular flexibility index (Phi) is 7.67. The molecule has 0 heterocycles. The van der Waals surface area contributed by atoms with E-state index in [1.165, 1.54) is 7.11 Å². The van der Waals surface area contributed by atoms with E-state index in [0.29, 0.717) is 5.69 Å². The van der Waals surface area contributed by atoms with Gasteiger partial charge in [0.1, 0.15) is 6.04 Å². The number of rotatable bonds is 8. The van der Waals surface area contributed by atoms with Crippen LogP contribution in [-0.4, -0.2) is 53.4 Å². The summed E-state index contributed by atoms with van der Waals surface area (Å²) in [6.07, 6.45) is -3.96. The molecule has 4 N–H and O–H groups in total. The Labute approximate surface area is 162 Å². The van der Waals surface area contributed by atoms with Crippen LogP contribution >= 0.6 is 0 Å². The first-order valence-corrected chi connectivity index (χ1v) is 8.56. The fourth-order valence-corrected chi connectivity index (χ4v) is 2.47. The van der Waals surface area contributed by atoms with Crippen LogP contribution in [0.5, 0.6) is 0 Å². The Balaban J connectivity index is 2.00. The van der Waals surface area contributed by atoms with Crippen LogP contribution in [0.3, 0.4) is 0 Å². The van der Waals surface area contributed by atoms with E-state index >= 15 is 0 Å². The summed E-state index contributed by atoms with van der Waals surface area (Å²) < 4.78 is 4.68. The molecular weight excluding hydrogens is 364 g/mol. The number of benzene rings is 2. The molecule has 2 aromatic rings. The second-order valence-electron chi connectivity index (χ2n) is 6.02. The molecule has 148 valence electrons. The average molecular weight is 386 g/mol. The first-order chi connectivity index (χ1) is 13.4. The van der Waals surface area contributed by atoms with Crippen molar-refractivity contribution in [1.29, 1.82) is 0 Å². The molecule has 0 aromatic heterocycles. The molecule has 0 aliphatic carbocycles. The van der Waals surface area contributed by atoms with Gasteiger partial charge in [-0.25, -0.2) is 4.79 Å². The molecule has 0 saturated heterocycles. The van der Waals surface area contributed by atoms with Gasteiger partial charge in [-0.1, -0.05) is 48.5 Å². The number of carbonyl (C=O) groups is 3. The van der Waals surface area contributed by atoms with Gasteiger partial charge in [-0.05, 0) is 17.7 Å². The second kappa shape index (κ2) is 10.2. The van der Waals surface area contributed by atoms with E-state index < -0.39 is 36.0 Å². The molecule has 2 aromatic carbocycles. The minimum Gasteiger partial charge on any atom is -0.467 e. The summed E-state index contributed by atoms with van der Waals surface area (Å²) in [5, 5.41) is 24.7. The first-order valence-electron chi connectivity index (χ1n) is 8.56. The molecule has 2 rings (SSSR count). The highest BCUT2D eigenvalue weighted by molar-refractivity contribution is 5.99. The van der Waals surface area contributed by atoms with E-state index in [4.69, 9.17) is 0 Å². The first kappa shape index (κ1) is 21.1. The van der Waals surface area contributed by atoms with Crippen molar-refractivity contribution in [2.75, 3.05) is 12.4 Å². The number of aliphatic hydroxyl groups excluding tert-OH is 2. The molecule has 28 heavy (non-hydrogen) atoms. The van der Waals surface area contributed by atoms with Crippen LogP contribution in [0.1, 0.15) is 5.56 Å². The quantitative estimate of drug-likeness (QED) is 0.482. The predicted molar refractivity (Wildman–Crippen MR) is 101 cm³/mol. The van der Waals surface area contributed by atoms with E-state index in [1.54, 1.807) is 60.7 Å². The Morgan fingerprint density at radius 3 is 2.00 bits per heavy atom. The van der Waals surface area contributed by atoms with Crippen LogP contribution in [0.2, 0.25) is 0 Å². The number of methoxy groups -OCH3 is 1. The van der Waals surface area contributed by atoms with Crippen molar-refractivity contribution < 1.29 is 29.3 Å². The monoisotopic (exact) mass is 386 g/mol. The lowest BCUT2D eigenvalue weighted by molar-refractivity contribution is -0.149. The third-order valence-electron chi connectivity index (χ3n) is 3.96. The SMILES string of the molecule is COC(=O)[C@H](Cc1ccccc1)NC(=O)[C@H](O)[C@@H](O)C(=O)Nc1ccccc1. The number of para-hydroxylation sites is 1. The summed E-state index contributed by atoms with van der Waals surface area (Å²) in [5.74, 6) is -2.73. The van der Waals surface area contributed by atoms with Gasteiger partial charge in [-0.15, -0.1) is 0 Å². The Hall–Kier alpha value is -3.23. The summed E-state index contributed by atoms with van der Waals surface area (Å²) >= 11 is 0. The number of anilines is 1. The third kappa shape index (κ3) is 5.90. The topological polar surface area (TPSA) is 125 Å². The van der Waals surface area contributed by atoms with Crippen molar-refractivity contribution in [2.24, 2.45) is 0 Å². The van der Waals surface area contributed by atoms with Gasteiger partial charge < -0.3 is 25.6 Å². The lowest BCUT2D eigenvalue weighted by atomic mass is 10.1. The van der Waals surface area contributed by atoms with E-state index in [-0.39, 0.29) is 6.42 Å². The summed E-state index contributed by atoms with van der Waals surface area (Å²) in [7, 11) is 1.17. The van der Waals surface area contributed by atoms with Crippen LogP contribution in [0.25, 0.3) is 0 Å². The van der Waals surface area contributed by atoms with Gasteiger partial charge >= 0.3 is 5.97 Å². The minimum atomic E-state index is -2.06. The highest BCUT2D eigenvalue weighted by atomic mass is 16.5. The van der Waals surface area contributed by atoms with Crippen molar-refractivity contribution in [2.45, 2.75) is 24.7 Å². The van der Waals surface area contributed by atoms with Gasteiger partial charge in [0.15, 0.2) is 12.2 Å². The van der Waals surface area contributed by atoms with Crippen molar-refractivity contribution in [1.82, 2.24) is 5.32 Å². The smallest absolute Gasteiger partial charge is 0.328 e. The summed E-state index contributed by atoms with van der Waals surface area (Å²) in [6, 6.07) is 16.1. The zero-order valence-electron chi connectivity index (χ0n) is 15.2. The maximum atomic E-state index is 12.3. The number of nitrogens with one attached hydrogen (secondary N) is 2. The predicted octanol–water partition coefficient (Wildman–Crippen LogP) is 0.247. The van der Waals surface area contributed by atoms with Crippen LogP contribution in [0, 0.1) is 0 Å². The normalized spacial score (nSPS) is 13.7. The molecule has 0 bridgehead atoms. The average Bonchev–Trinajstić information content (AvgIpc) is 2.72. The third-order valence-corrected chi connectivity index (χ3v) is 3.96. The molecule has 0 radical (unpaired) electrons. The highest BCUT2D eigenvalue weighted by Gasteiger charge is 2.33. The number of esters is 1. The lowest BCUT2D eigenvalue weighted by Crippen LogP contribution is -2.52. The molecule has 8 heteroatoms.